The minimum atomic E-state index is -4.54. The van der Waals surface area contributed by atoms with Crippen molar-refractivity contribution in [3.63, 3.8) is 0 Å². The van der Waals surface area contributed by atoms with Gasteiger partial charge in [0.2, 0.25) is 5.91 Å². The second-order valence-electron chi connectivity index (χ2n) is 6.83. The van der Waals surface area contributed by atoms with E-state index in [0.717, 1.165) is 16.7 Å². The monoisotopic (exact) mass is 408 g/mol. The van der Waals surface area contributed by atoms with E-state index >= 15 is 0 Å². The van der Waals surface area contributed by atoms with Crippen molar-refractivity contribution >= 4 is 23.4 Å². The third-order valence-corrected chi connectivity index (χ3v) is 5.13. The number of carbonyl (C=O) groups is 1. The van der Waals surface area contributed by atoms with Crippen molar-refractivity contribution in [1.82, 2.24) is 4.98 Å². The summed E-state index contributed by atoms with van der Waals surface area (Å²) < 4.78 is 40.6. The topological polar surface area (TPSA) is 42.0 Å². The first-order valence-electron chi connectivity index (χ1n) is 8.79. The van der Waals surface area contributed by atoms with Crippen molar-refractivity contribution in [2.24, 2.45) is 0 Å². The number of anilines is 1. The van der Waals surface area contributed by atoms with Crippen molar-refractivity contribution in [3.05, 3.63) is 66.0 Å². The van der Waals surface area contributed by atoms with E-state index in [1.165, 1.54) is 18.2 Å². The van der Waals surface area contributed by atoms with Crippen LogP contribution in [0.15, 0.2) is 54.1 Å². The summed E-state index contributed by atoms with van der Waals surface area (Å²) in [5.74, 6) is 0.495. The molecule has 0 saturated carbocycles. The summed E-state index contributed by atoms with van der Waals surface area (Å²) in [5, 5.41) is 2.53. The number of halogens is 3. The normalized spacial score (nSPS) is 11.9. The van der Waals surface area contributed by atoms with Gasteiger partial charge in [-0.2, -0.15) is 13.2 Å². The molecule has 0 fully saturated rings. The van der Waals surface area contributed by atoms with Crippen LogP contribution in [0, 0.1) is 0 Å². The molecule has 1 aromatic carbocycles. The quantitative estimate of drug-likeness (QED) is 0.461. The third kappa shape index (κ3) is 5.61. The van der Waals surface area contributed by atoms with Gasteiger partial charge in [0.15, 0.2) is 0 Å². The minimum Gasteiger partial charge on any atom is -0.326 e. The molecule has 1 aromatic heterocycles. The molecule has 1 N–H and O–H groups in total. The second-order valence-corrected chi connectivity index (χ2v) is 8.16. The van der Waals surface area contributed by atoms with Crippen LogP contribution in [0.3, 0.4) is 0 Å². The van der Waals surface area contributed by atoms with E-state index in [1.54, 1.807) is 37.9 Å². The van der Waals surface area contributed by atoms with Gasteiger partial charge < -0.3 is 5.32 Å². The van der Waals surface area contributed by atoms with E-state index in [2.05, 4.69) is 16.9 Å². The highest BCUT2D eigenvalue weighted by atomic mass is 32.2. The maximum Gasteiger partial charge on any atom is 0.416 e. The van der Waals surface area contributed by atoms with Gasteiger partial charge in [0.25, 0.3) is 0 Å². The van der Waals surface area contributed by atoms with Crippen molar-refractivity contribution in [2.75, 3.05) is 11.1 Å². The Bertz CT molecular complexity index is 846. The number of thioether (sulfide) groups is 1. The fourth-order valence-corrected chi connectivity index (χ4v) is 3.29. The van der Waals surface area contributed by atoms with Crippen LogP contribution in [-0.4, -0.2) is 16.6 Å². The molecule has 150 valence electrons. The van der Waals surface area contributed by atoms with Crippen molar-refractivity contribution in [1.29, 1.82) is 0 Å². The molecule has 0 bridgehead atoms. The highest BCUT2D eigenvalue weighted by Crippen LogP contribution is 2.39. The lowest BCUT2D eigenvalue weighted by atomic mass is 9.81. The van der Waals surface area contributed by atoms with Crippen molar-refractivity contribution < 1.29 is 18.0 Å². The van der Waals surface area contributed by atoms with E-state index < -0.39 is 23.1 Å². The Kier molecular flexibility index (Phi) is 6.93. The molecule has 0 aliphatic rings. The summed E-state index contributed by atoms with van der Waals surface area (Å²) in [5.41, 5.74) is -0.874. The van der Waals surface area contributed by atoms with Gasteiger partial charge in [-0.1, -0.05) is 32.9 Å². The number of nitrogens with zero attached hydrogens (tertiary/aromatic N) is 1. The molecule has 7 heteroatoms. The lowest BCUT2D eigenvalue weighted by Crippen LogP contribution is -2.21. The average Bonchev–Trinajstić information content (AvgIpc) is 2.62. The molecule has 0 saturated heterocycles. The number of pyridine rings is 1. The van der Waals surface area contributed by atoms with Crippen LogP contribution in [0.5, 0.6) is 0 Å². The van der Waals surface area contributed by atoms with Crippen LogP contribution in [-0.2, 0) is 22.8 Å². The number of benzene rings is 1. The lowest BCUT2D eigenvalue weighted by Gasteiger charge is -2.25. The van der Waals surface area contributed by atoms with Crippen molar-refractivity contribution in [2.45, 2.75) is 43.7 Å². The summed E-state index contributed by atoms with van der Waals surface area (Å²) >= 11 is 1.64. The predicted octanol–water partition coefficient (Wildman–Crippen LogP) is 5.86. The molecule has 0 aliphatic carbocycles. The average molecular weight is 408 g/mol. The Morgan fingerprint density at radius 1 is 1.21 bits per heavy atom. The first kappa shape index (κ1) is 22.0. The number of hydrogen-bond acceptors (Lipinski definition) is 3. The molecule has 0 radical (unpaired) electrons. The third-order valence-electron chi connectivity index (χ3n) is 4.26. The van der Waals surface area contributed by atoms with Crippen molar-refractivity contribution in [3.8, 4) is 0 Å². The van der Waals surface area contributed by atoms with Gasteiger partial charge >= 0.3 is 6.18 Å². The molecule has 0 unspecified atom stereocenters. The van der Waals surface area contributed by atoms with Gasteiger partial charge in [-0.15, -0.1) is 18.3 Å². The minimum absolute atomic E-state index is 0.0156. The second kappa shape index (κ2) is 8.82. The first-order chi connectivity index (χ1) is 13.1. The zero-order chi connectivity index (χ0) is 20.9. The maximum absolute atomic E-state index is 13.5. The zero-order valence-corrected chi connectivity index (χ0v) is 16.9. The molecule has 2 rings (SSSR count). The molecule has 1 amide bonds. The van der Waals surface area contributed by atoms with Gasteiger partial charge in [0.05, 0.1) is 12.0 Å². The van der Waals surface area contributed by atoms with Gasteiger partial charge in [-0.3, -0.25) is 9.78 Å². The Labute approximate surface area is 167 Å². The van der Waals surface area contributed by atoms with E-state index in [-0.39, 0.29) is 17.7 Å². The number of rotatable bonds is 7. The summed E-state index contributed by atoms with van der Waals surface area (Å²) in [6, 6.07) is 7.44. The number of carbonyl (C=O) groups excluding carboxylic acids is 1. The molecule has 28 heavy (non-hydrogen) atoms. The molecule has 0 aliphatic heterocycles. The largest absolute Gasteiger partial charge is 0.416 e. The molecular weight excluding hydrogens is 385 g/mol. The van der Waals surface area contributed by atoms with E-state index in [1.807, 2.05) is 13.0 Å². The summed E-state index contributed by atoms with van der Waals surface area (Å²) in [6.07, 6.45) is -1.39. The maximum atomic E-state index is 13.5. The predicted molar refractivity (Wildman–Crippen MR) is 108 cm³/mol. The summed E-state index contributed by atoms with van der Waals surface area (Å²) in [7, 11) is 0. The SMILES string of the molecule is C=CC(C)(C)c1ccc(NC(=O)Cc2ccc(SCC)cn2)cc1C(F)(F)F. The highest BCUT2D eigenvalue weighted by molar-refractivity contribution is 7.99. The Hall–Kier alpha value is -2.28. The number of nitrogens with one attached hydrogen (secondary N) is 1. The first-order valence-corrected chi connectivity index (χ1v) is 9.78. The standard InChI is InChI=1S/C21H23F3N2OS/c1-5-20(3,4)17-10-8-15(11-18(17)21(22,23)24)26-19(27)12-14-7-9-16(13-25-14)28-6-2/h5,7-11,13H,1,6,12H2,2-4H3,(H,26,27). The lowest BCUT2D eigenvalue weighted by molar-refractivity contribution is -0.138. The number of alkyl halides is 3. The highest BCUT2D eigenvalue weighted by Gasteiger charge is 2.37. The summed E-state index contributed by atoms with van der Waals surface area (Å²) in [4.78, 5) is 17.5. The zero-order valence-electron chi connectivity index (χ0n) is 16.1. The van der Waals surface area contributed by atoms with Gasteiger partial charge in [0.1, 0.15) is 0 Å². The molecule has 2 aromatic rings. The van der Waals surface area contributed by atoms with Gasteiger partial charge in [-0.25, -0.2) is 0 Å². The van der Waals surface area contributed by atoms with E-state index in [0.29, 0.717) is 5.69 Å². The van der Waals surface area contributed by atoms with Crippen LogP contribution in [0.2, 0.25) is 0 Å². The van der Waals surface area contributed by atoms with Crippen LogP contribution in [0.25, 0.3) is 0 Å². The smallest absolute Gasteiger partial charge is 0.326 e. The van der Waals surface area contributed by atoms with Crippen LogP contribution >= 0.6 is 11.8 Å². The Morgan fingerprint density at radius 3 is 2.46 bits per heavy atom. The van der Waals surface area contributed by atoms with E-state index in [4.69, 9.17) is 0 Å². The fourth-order valence-electron chi connectivity index (χ4n) is 2.67. The molecule has 0 atom stereocenters. The molecule has 1 heterocycles. The van der Waals surface area contributed by atoms with Gasteiger partial charge in [-0.05, 0) is 35.6 Å². The number of amides is 1. The molecule has 3 nitrogen and oxygen atoms in total. The van der Waals surface area contributed by atoms with E-state index in [9.17, 15) is 18.0 Å². The Morgan fingerprint density at radius 2 is 1.93 bits per heavy atom. The fraction of sp³-hybridized carbons (Fsp3) is 0.333. The van der Waals surface area contributed by atoms with Crippen LogP contribution in [0.1, 0.15) is 37.6 Å². The number of aromatic nitrogens is 1. The molecule has 0 spiro atoms. The van der Waals surface area contributed by atoms with Crippen LogP contribution in [0.4, 0.5) is 18.9 Å². The van der Waals surface area contributed by atoms with Crippen LogP contribution < -0.4 is 5.32 Å². The number of allylic oxidation sites excluding steroid dienone is 1. The number of hydrogen-bond donors (Lipinski definition) is 1. The summed E-state index contributed by atoms with van der Waals surface area (Å²) in [6.45, 7) is 8.98. The van der Waals surface area contributed by atoms with Gasteiger partial charge in [0, 0.05) is 27.9 Å². The Balaban J connectivity index is 2.19. The molecular formula is C21H23F3N2OS.